The largest absolute Gasteiger partial charge is 0.769 e. The Morgan fingerprint density at radius 1 is 1.04 bits per heavy atom. The Morgan fingerprint density at radius 3 is 2.23 bits per heavy atom. The van der Waals surface area contributed by atoms with Gasteiger partial charge in [-0.1, -0.05) is 51.9 Å². The molecule has 0 atom stereocenters. The first-order valence-electron chi connectivity index (χ1n) is 9.21. The molecule has 1 aromatic rings. The predicted octanol–water partition coefficient (Wildman–Crippen LogP) is 5.39. The molecule has 0 amide bonds. The number of anilines is 3. The maximum absolute atomic E-state index is 10.8. The fourth-order valence-electron chi connectivity index (χ4n) is 2.62. The van der Waals surface area contributed by atoms with Gasteiger partial charge >= 0.3 is 0 Å². The quantitative estimate of drug-likeness (QED) is 0.243. The molecular formula is C18H30N4O4-2. The van der Waals surface area contributed by atoms with Gasteiger partial charge in [0, 0.05) is 11.4 Å². The van der Waals surface area contributed by atoms with Gasteiger partial charge in [-0.25, -0.2) is 0 Å². The van der Waals surface area contributed by atoms with Crippen molar-refractivity contribution in [3.63, 3.8) is 0 Å². The van der Waals surface area contributed by atoms with Gasteiger partial charge in [-0.05, 0) is 38.0 Å². The van der Waals surface area contributed by atoms with E-state index in [0.717, 1.165) is 24.6 Å². The molecule has 3 N–H and O–H groups in total. The van der Waals surface area contributed by atoms with Crippen molar-refractivity contribution in [2.75, 3.05) is 15.9 Å². The van der Waals surface area contributed by atoms with E-state index in [1.54, 1.807) is 0 Å². The summed E-state index contributed by atoms with van der Waals surface area (Å²) in [4.78, 5) is 0. The van der Waals surface area contributed by atoms with Gasteiger partial charge in [-0.15, -0.1) is 5.23 Å². The van der Waals surface area contributed by atoms with E-state index in [4.69, 9.17) is 0 Å². The Labute approximate surface area is 155 Å². The van der Waals surface area contributed by atoms with E-state index >= 15 is 0 Å². The highest BCUT2D eigenvalue weighted by Crippen LogP contribution is 2.29. The van der Waals surface area contributed by atoms with Crippen LogP contribution in [0.25, 0.3) is 0 Å². The lowest BCUT2D eigenvalue weighted by atomic mass is 10.1. The average Bonchev–Trinajstić information content (AvgIpc) is 2.61. The lowest BCUT2D eigenvalue weighted by Gasteiger charge is -2.37. The molecule has 0 aromatic heterocycles. The molecule has 0 fully saturated rings. The van der Waals surface area contributed by atoms with Gasteiger partial charge in [0.05, 0.1) is 5.69 Å². The van der Waals surface area contributed by atoms with E-state index in [0.29, 0.717) is 0 Å². The first-order chi connectivity index (χ1) is 12.5. The minimum atomic E-state index is -0.604. The molecule has 1 rings (SSSR count). The van der Waals surface area contributed by atoms with Crippen molar-refractivity contribution in [3.05, 3.63) is 28.6 Å². The molecule has 0 spiro atoms. The van der Waals surface area contributed by atoms with Gasteiger partial charge in [0.15, 0.2) is 0 Å². The highest BCUT2D eigenvalue weighted by atomic mass is 16.8. The van der Waals surface area contributed by atoms with Crippen molar-refractivity contribution in [2.45, 2.75) is 71.6 Å². The fourth-order valence-corrected chi connectivity index (χ4v) is 2.62. The van der Waals surface area contributed by atoms with E-state index in [2.05, 4.69) is 17.5 Å². The van der Waals surface area contributed by atoms with E-state index < -0.39 is 5.23 Å². The van der Waals surface area contributed by atoms with Gasteiger partial charge in [0.25, 0.3) is 0 Å². The van der Waals surface area contributed by atoms with Crippen molar-refractivity contribution in [1.29, 1.82) is 0 Å². The second-order valence-electron chi connectivity index (χ2n) is 6.43. The van der Waals surface area contributed by atoms with E-state index in [1.165, 1.54) is 57.1 Å². The van der Waals surface area contributed by atoms with Crippen molar-refractivity contribution in [2.24, 2.45) is 5.10 Å². The zero-order valence-electron chi connectivity index (χ0n) is 15.6. The van der Waals surface area contributed by atoms with E-state index in [9.17, 15) is 20.8 Å². The Hall–Kier alpha value is -1.87. The molecule has 26 heavy (non-hydrogen) atoms. The van der Waals surface area contributed by atoms with Crippen LogP contribution in [0.15, 0.2) is 23.3 Å². The van der Waals surface area contributed by atoms with Crippen LogP contribution in [0, 0.1) is 10.4 Å². The standard InChI is InChI=1S/C18H30N4O4/c1-3-4-5-6-7-8-9-10-11-15(2)19-20-17-13-12-16(21(23)24)14-18(17)22(25)26/h12-14,20,25-26H,3-11H2,1-2H3/q-2. The predicted molar refractivity (Wildman–Crippen MR) is 106 cm³/mol. The summed E-state index contributed by atoms with van der Waals surface area (Å²) >= 11 is 0. The molecule has 0 aliphatic carbocycles. The highest BCUT2D eigenvalue weighted by molar-refractivity contribution is 5.83. The van der Waals surface area contributed by atoms with Crippen LogP contribution in [0.3, 0.4) is 0 Å². The number of hydrazone groups is 1. The fraction of sp³-hybridized carbons (Fsp3) is 0.611. The molecule has 0 saturated carbocycles. The highest BCUT2D eigenvalue weighted by Gasteiger charge is 2.08. The topological polar surface area (TPSA) is 117 Å². The molecule has 148 valence electrons. The van der Waals surface area contributed by atoms with Gasteiger partial charge in [0.2, 0.25) is 0 Å². The summed E-state index contributed by atoms with van der Waals surface area (Å²) in [5.41, 5.74) is 3.53. The Bertz CT molecular complexity index is 550. The molecule has 0 unspecified atom stereocenters. The summed E-state index contributed by atoms with van der Waals surface area (Å²) in [6.07, 6.45) is 10.8. The average molecular weight is 366 g/mol. The SMILES string of the molecule is CCCCCCCCCCC(C)=NNc1ccc(N([O-])[O-])cc1N(O)O. The molecule has 8 heteroatoms. The summed E-state index contributed by atoms with van der Waals surface area (Å²) in [5, 5.41) is 43.5. The third-order valence-electron chi connectivity index (χ3n) is 4.17. The van der Waals surface area contributed by atoms with Crippen LogP contribution in [0.5, 0.6) is 0 Å². The molecular weight excluding hydrogens is 336 g/mol. The summed E-state index contributed by atoms with van der Waals surface area (Å²) in [5.74, 6) is 0. The number of hydrogen-bond donors (Lipinski definition) is 3. The van der Waals surface area contributed by atoms with Gasteiger partial charge < -0.3 is 15.6 Å². The van der Waals surface area contributed by atoms with Crippen molar-refractivity contribution >= 4 is 22.8 Å². The first kappa shape index (κ1) is 22.2. The van der Waals surface area contributed by atoms with Gasteiger partial charge in [-0.3, -0.25) is 15.8 Å². The zero-order valence-corrected chi connectivity index (χ0v) is 15.6. The smallest absolute Gasteiger partial charge is 0.121 e. The number of hydrogen-bond acceptors (Lipinski definition) is 8. The zero-order chi connectivity index (χ0) is 19.4. The van der Waals surface area contributed by atoms with Gasteiger partial charge in [0.1, 0.15) is 5.69 Å². The second-order valence-corrected chi connectivity index (χ2v) is 6.43. The minimum absolute atomic E-state index is 0.136. The maximum Gasteiger partial charge on any atom is 0.121 e. The van der Waals surface area contributed by atoms with Crippen molar-refractivity contribution < 1.29 is 10.4 Å². The minimum Gasteiger partial charge on any atom is -0.769 e. The molecule has 0 saturated heterocycles. The molecule has 0 aliphatic rings. The van der Waals surface area contributed by atoms with Crippen LogP contribution in [-0.2, 0) is 0 Å². The molecule has 8 nitrogen and oxygen atoms in total. The summed E-state index contributed by atoms with van der Waals surface area (Å²) in [6.45, 7) is 4.11. The lowest BCUT2D eigenvalue weighted by molar-refractivity contribution is 0.0295. The number of nitrogens with one attached hydrogen (secondary N) is 1. The van der Waals surface area contributed by atoms with Gasteiger partial charge in [-0.2, -0.15) is 5.10 Å². The number of unbranched alkanes of at least 4 members (excludes halogenated alkanes) is 7. The number of benzene rings is 1. The molecule has 0 aliphatic heterocycles. The van der Waals surface area contributed by atoms with Crippen LogP contribution < -0.4 is 15.9 Å². The lowest BCUT2D eigenvalue weighted by Crippen LogP contribution is -2.14. The van der Waals surface area contributed by atoms with Crippen LogP contribution in [0.2, 0.25) is 0 Å². The van der Waals surface area contributed by atoms with Crippen molar-refractivity contribution in [3.8, 4) is 0 Å². The molecule has 0 radical (unpaired) electrons. The molecule has 0 heterocycles. The third-order valence-corrected chi connectivity index (χ3v) is 4.17. The van der Waals surface area contributed by atoms with E-state index in [1.807, 2.05) is 6.92 Å². The van der Waals surface area contributed by atoms with E-state index in [-0.39, 0.29) is 22.3 Å². The normalized spacial score (nSPS) is 11.5. The van der Waals surface area contributed by atoms with Crippen LogP contribution >= 0.6 is 0 Å². The Balaban J connectivity index is 2.41. The Morgan fingerprint density at radius 2 is 1.65 bits per heavy atom. The summed E-state index contributed by atoms with van der Waals surface area (Å²) in [7, 11) is 0. The monoisotopic (exact) mass is 366 g/mol. The van der Waals surface area contributed by atoms with Crippen LogP contribution in [0.4, 0.5) is 17.1 Å². The van der Waals surface area contributed by atoms with Crippen LogP contribution in [-0.4, -0.2) is 16.1 Å². The summed E-state index contributed by atoms with van der Waals surface area (Å²) in [6, 6.07) is 3.73. The second kappa shape index (κ2) is 12.5. The van der Waals surface area contributed by atoms with Crippen molar-refractivity contribution in [1.82, 2.24) is 0 Å². The molecule has 1 aromatic carbocycles. The number of nitrogens with zero attached hydrogens (tertiary/aromatic N) is 3. The number of rotatable bonds is 13. The molecule has 0 bridgehead atoms. The summed E-state index contributed by atoms with van der Waals surface area (Å²) < 4.78 is 0. The third kappa shape index (κ3) is 8.48. The Kier molecular flexibility index (Phi) is 10.6. The van der Waals surface area contributed by atoms with Crippen LogP contribution in [0.1, 0.15) is 71.6 Å². The first-order valence-corrected chi connectivity index (χ1v) is 9.21. The maximum atomic E-state index is 10.8.